The van der Waals surface area contributed by atoms with Crippen molar-refractivity contribution >= 4 is 50.2 Å². The van der Waals surface area contributed by atoms with E-state index >= 15 is 0 Å². The Morgan fingerprint density at radius 1 is 1.07 bits per heavy atom. The van der Waals surface area contributed by atoms with Crippen LogP contribution in [-0.2, 0) is 6.61 Å². The molecule has 0 fully saturated rings. The number of aryl methyl sites for hydroxylation is 2. The topological polar surface area (TPSA) is 91.3 Å². The number of carbonyl (C=O) groups is 1. The lowest BCUT2D eigenvalue weighted by Crippen LogP contribution is -2.26. The van der Waals surface area contributed by atoms with Crippen LogP contribution in [0, 0.1) is 13.8 Å². The van der Waals surface area contributed by atoms with Gasteiger partial charge in [-0.3, -0.25) is 4.79 Å². The number of nitrogens with zero attached hydrogens (tertiary/aromatic N) is 4. The van der Waals surface area contributed by atoms with Gasteiger partial charge in [0.1, 0.15) is 29.4 Å². The molecule has 0 saturated heterocycles. The van der Waals surface area contributed by atoms with Gasteiger partial charge in [0.2, 0.25) is 4.96 Å². The second-order valence-electron chi connectivity index (χ2n) is 9.27. The van der Waals surface area contributed by atoms with Gasteiger partial charge in [-0.25, -0.2) is 9.50 Å². The third-order valence-corrected chi connectivity index (χ3v) is 8.52. The highest BCUT2D eigenvalue weighted by Crippen LogP contribution is 2.38. The minimum absolute atomic E-state index is 0.0260. The number of amides is 1. The van der Waals surface area contributed by atoms with Crippen molar-refractivity contribution in [2.24, 2.45) is 0 Å². The molecule has 204 valence electrons. The summed E-state index contributed by atoms with van der Waals surface area (Å²) in [6, 6.07) is 15.4. The van der Waals surface area contributed by atoms with Gasteiger partial charge >= 0.3 is 0 Å². The van der Waals surface area contributed by atoms with Crippen LogP contribution in [0.1, 0.15) is 25.7 Å². The molecule has 2 aromatic carbocycles. The van der Waals surface area contributed by atoms with Crippen LogP contribution in [0.2, 0.25) is 0 Å². The average Bonchev–Trinajstić information content (AvgIpc) is 3.72. The molecule has 0 aliphatic carbocycles. The van der Waals surface area contributed by atoms with E-state index in [0.29, 0.717) is 45.3 Å². The average molecular weight is 575 g/mol. The number of aromatic nitrogens is 3. The summed E-state index contributed by atoms with van der Waals surface area (Å²) in [6.45, 7) is 4.27. The molecule has 9 nitrogen and oxygen atoms in total. The summed E-state index contributed by atoms with van der Waals surface area (Å²) >= 11 is 2.86. The minimum Gasteiger partial charge on any atom is -0.496 e. The predicted octanol–water partition coefficient (Wildman–Crippen LogP) is 6.76. The minimum atomic E-state index is -0.0260. The van der Waals surface area contributed by atoms with E-state index in [-0.39, 0.29) is 5.91 Å². The number of fused-ring (bicyclic) bond motifs is 2. The Hall–Kier alpha value is -4.35. The summed E-state index contributed by atoms with van der Waals surface area (Å²) in [7, 11) is 4.97. The highest BCUT2D eigenvalue weighted by atomic mass is 32.1. The normalized spacial score (nSPS) is 11.3. The van der Waals surface area contributed by atoms with E-state index in [1.807, 2.05) is 62.4 Å². The molecule has 1 amide bonds. The Balaban J connectivity index is 1.25. The van der Waals surface area contributed by atoms with E-state index in [2.05, 4.69) is 10.1 Å². The Morgan fingerprint density at radius 2 is 1.93 bits per heavy atom. The third-order valence-electron chi connectivity index (χ3n) is 6.49. The van der Waals surface area contributed by atoms with Crippen molar-refractivity contribution in [2.45, 2.75) is 20.5 Å². The quantitative estimate of drug-likeness (QED) is 0.198. The predicted molar refractivity (Wildman–Crippen MR) is 156 cm³/mol. The van der Waals surface area contributed by atoms with Gasteiger partial charge in [-0.1, -0.05) is 12.1 Å². The first kappa shape index (κ1) is 25.9. The molecule has 0 unspecified atom stereocenters. The number of benzene rings is 2. The Morgan fingerprint density at radius 3 is 2.65 bits per heavy atom. The van der Waals surface area contributed by atoms with Gasteiger partial charge in [0.15, 0.2) is 5.76 Å². The van der Waals surface area contributed by atoms with Crippen LogP contribution in [0.4, 0.5) is 5.69 Å². The van der Waals surface area contributed by atoms with Crippen molar-refractivity contribution in [1.29, 1.82) is 0 Å². The summed E-state index contributed by atoms with van der Waals surface area (Å²) in [5.41, 5.74) is 3.98. The molecule has 6 rings (SSSR count). The monoisotopic (exact) mass is 574 g/mol. The zero-order valence-electron chi connectivity index (χ0n) is 22.5. The number of anilines is 1. The molecule has 0 radical (unpaired) electrons. The summed E-state index contributed by atoms with van der Waals surface area (Å²) in [4.78, 5) is 22.0. The maximum atomic E-state index is 13.1. The molecular weight excluding hydrogens is 548 g/mol. The molecule has 4 heterocycles. The van der Waals surface area contributed by atoms with Gasteiger partial charge in [-0.15, -0.1) is 16.4 Å². The molecule has 0 atom stereocenters. The Labute approximate surface area is 238 Å². The molecule has 4 aromatic heterocycles. The Kier molecular flexibility index (Phi) is 6.68. The van der Waals surface area contributed by atoms with Crippen LogP contribution in [0.3, 0.4) is 0 Å². The van der Waals surface area contributed by atoms with Gasteiger partial charge in [-0.05, 0) is 60.6 Å². The number of hydrogen-bond donors (Lipinski definition) is 0. The van der Waals surface area contributed by atoms with Crippen molar-refractivity contribution in [2.75, 3.05) is 26.2 Å². The van der Waals surface area contributed by atoms with Crippen LogP contribution < -0.4 is 19.1 Å². The van der Waals surface area contributed by atoms with Gasteiger partial charge in [0.05, 0.1) is 30.7 Å². The number of methoxy groups -OCH3 is 2. The van der Waals surface area contributed by atoms with E-state index in [1.165, 1.54) is 22.7 Å². The van der Waals surface area contributed by atoms with Crippen molar-refractivity contribution in [1.82, 2.24) is 14.6 Å². The smallest absolute Gasteiger partial charge is 0.294 e. The fraction of sp³-hybridized carbons (Fsp3) is 0.207. The Bertz CT molecular complexity index is 1830. The lowest BCUT2D eigenvalue weighted by molar-refractivity contribution is 0.0996. The molecule has 40 heavy (non-hydrogen) atoms. The first-order chi connectivity index (χ1) is 19.3. The van der Waals surface area contributed by atoms with Gasteiger partial charge in [0, 0.05) is 29.7 Å². The van der Waals surface area contributed by atoms with Crippen LogP contribution in [0.5, 0.6) is 16.7 Å². The standard InChI is InChI=1S/C29H26N4O5S2/c1-16-9-17(2)39-26(16)27(34)32(3)19-8-6-7-18(10-19)15-37-23-11-20(35-4)12-24-21(23)13-25(38-24)22-14-33-28(30-22)40-29(31-33)36-5/h6-14H,15H2,1-5H3. The second kappa shape index (κ2) is 10.3. The van der Waals surface area contributed by atoms with E-state index < -0.39 is 0 Å². The van der Waals surface area contributed by atoms with E-state index in [1.54, 1.807) is 36.9 Å². The SMILES string of the molecule is COc1cc(OCc2cccc(N(C)C(=O)c3sc(C)cc3C)c2)c2cc(-c3cn4nc(OC)sc4n3)oc2c1. The van der Waals surface area contributed by atoms with Crippen LogP contribution in [0.15, 0.2) is 59.1 Å². The number of imidazole rings is 1. The van der Waals surface area contributed by atoms with Crippen LogP contribution in [-0.4, -0.2) is 41.8 Å². The van der Waals surface area contributed by atoms with E-state index in [0.717, 1.165) is 32.0 Å². The fourth-order valence-corrected chi connectivity index (χ4v) is 6.17. The highest BCUT2D eigenvalue weighted by molar-refractivity contribution is 7.18. The lowest BCUT2D eigenvalue weighted by Gasteiger charge is -2.18. The number of thiophene rings is 1. The number of carbonyl (C=O) groups excluding carboxylic acids is 1. The molecule has 0 saturated carbocycles. The fourth-order valence-electron chi connectivity index (χ4n) is 4.47. The maximum absolute atomic E-state index is 13.1. The number of hydrogen-bond acceptors (Lipinski definition) is 9. The lowest BCUT2D eigenvalue weighted by atomic mass is 10.2. The number of furan rings is 1. The van der Waals surface area contributed by atoms with Crippen LogP contribution >= 0.6 is 22.7 Å². The molecule has 6 aromatic rings. The summed E-state index contributed by atoms with van der Waals surface area (Å²) in [6.07, 6.45) is 1.80. The molecule has 0 aliphatic heterocycles. The van der Waals surface area contributed by atoms with Crippen molar-refractivity contribution in [3.05, 3.63) is 75.6 Å². The first-order valence-electron chi connectivity index (χ1n) is 12.4. The summed E-state index contributed by atoms with van der Waals surface area (Å²) in [5, 5.41) is 5.67. The largest absolute Gasteiger partial charge is 0.496 e. The zero-order valence-corrected chi connectivity index (χ0v) is 24.2. The van der Waals surface area contributed by atoms with Crippen LogP contribution in [0.25, 0.3) is 27.4 Å². The van der Waals surface area contributed by atoms with Crippen molar-refractivity contribution in [3.63, 3.8) is 0 Å². The molecule has 0 bridgehead atoms. The van der Waals surface area contributed by atoms with Gasteiger partial charge in [-0.2, -0.15) is 0 Å². The summed E-state index contributed by atoms with van der Waals surface area (Å²) in [5.74, 6) is 1.79. The molecule has 0 N–H and O–H groups in total. The van der Waals surface area contributed by atoms with Crippen molar-refractivity contribution in [3.8, 4) is 28.1 Å². The highest BCUT2D eigenvalue weighted by Gasteiger charge is 2.20. The first-order valence-corrected chi connectivity index (χ1v) is 14.0. The molecule has 0 aliphatic rings. The molecule has 0 spiro atoms. The van der Waals surface area contributed by atoms with Gasteiger partial charge in [0.25, 0.3) is 11.1 Å². The number of ether oxygens (including phenoxy) is 3. The molecular formula is C29H26N4O5S2. The third kappa shape index (κ3) is 4.78. The second-order valence-corrected chi connectivity index (χ2v) is 11.4. The van der Waals surface area contributed by atoms with Crippen molar-refractivity contribution < 1.29 is 23.4 Å². The van der Waals surface area contributed by atoms with E-state index in [4.69, 9.17) is 18.6 Å². The summed E-state index contributed by atoms with van der Waals surface area (Å²) < 4.78 is 24.8. The number of rotatable bonds is 8. The molecule has 11 heteroatoms. The zero-order chi connectivity index (χ0) is 28.0. The van der Waals surface area contributed by atoms with E-state index in [9.17, 15) is 4.79 Å². The van der Waals surface area contributed by atoms with Gasteiger partial charge < -0.3 is 23.5 Å². The maximum Gasteiger partial charge on any atom is 0.294 e.